The van der Waals surface area contributed by atoms with Crippen molar-refractivity contribution in [2.45, 2.75) is 19.4 Å². The van der Waals surface area contributed by atoms with Gasteiger partial charge in [0.25, 0.3) is 10.2 Å². The number of halogens is 1. The van der Waals surface area contributed by atoms with Crippen molar-refractivity contribution in [2.24, 2.45) is 5.92 Å². The van der Waals surface area contributed by atoms with E-state index in [0.29, 0.717) is 25.5 Å². The van der Waals surface area contributed by atoms with Gasteiger partial charge in [0.05, 0.1) is 0 Å². The second-order valence-electron chi connectivity index (χ2n) is 5.27. The Labute approximate surface area is 126 Å². The molecule has 0 saturated carbocycles. The van der Waals surface area contributed by atoms with Crippen molar-refractivity contribution in [3.63, 3.8) is 0 Å². The van der Waals surface area contributed by atoms with Gasteiger partial charge < -0.3 is 0 Å². The fraction of sp³-hybridized carbons (Fsp3) is 0.571. The Morgan fingerprint density at radius 2 is 2.05 bits per heavy atom. The molecule has 1 aliphatic rings. The third kappa shape index (κ3) is 3.73. The van der Waals surface area contributed by atoms with Gasteiger partial charge in [0.1, 0.15) is 0 Å². The number of alkyl halides is 1. The van der Waals surface area contributed by atoms with E-state index in [1.807, 2.05) is 30.3 Å². The number of rotatable bonds is 5. The lowest BCUT2D eigenvalue weighted by Crippen LogP contribution is -2.46. The molecule has 0 spiro atoms. The van der Waals surface area contributed by atoms with Gasteiger partial charge in [-0.3, -0.25) is 0 Å². The first-order valence-corrected chi connectivity index (χ1v) is 8.78. The fourth-order valence-corrected chi connectivity index (χ4v) is 4.20. The average Bonchev–Trinajstić information content (AvgIpc) is 2.48. The second kappa shape index (κ2) is 6.89. The van der Waals surface area contributed by atoms with E-state index in [9.17, 15) is 8.42 Å². The monoisotopic (exact) mass is 316 g/mol. The lowest BCUT2D eigenvalue weighted by molar-refractivity contribution is 0.265. The zero-order valence-corrected chi connectivity index (χ0v) is 13.3. The largest absolute Gasteiger partial charge is 0.282 e. The third-order valence-electron chi connectivity index (χ3n) is 3.67. The van der Waals surface area contributed by atoms with Crippen molar-refractivity contribution in [3.05, 3.63) is 35.9 Å². The molecule has 0 radical (unpaired) electrons. The van der Waals surface area contributed by atoms with Crippen LogP contribution >= 0.6 is 11.6 Å². The highest BCUT2D eigenvalue weighted by molar-refractivity contribution is 7.86. The molecule has 1 aliphatic heterocycles. The van der Waals surface area contributed by atoms with Crippen LogP contribution in [-0.4, -0.2) is 43.0 Å². The van der Waals surface area contributed by atoms with Gasteiger partial charge in [-0.2, -0.15) is 17.0 Å². The van der Waals surface area contributed by atoms with Crippen LogP contribution in [0.5, 0.6) is 0 Å². The van der Waals surface area contributed by atoms with E-state index in [4.69, 9.17) is 11.6 Å². The molecule has 0 aliphatic carbocycles. The molecule has 0 aromatic heterocycles. The topological polar surface area (TPSA) is 40.6 Å². The van der Waals surface area contributed by atoms with E-state index in [1.165, 1.54) is 4.31 Å². The number of hydrogen-bond donors (Lipinski definition) is 0. The molecule has 6 heteroatoms. The molecule has 0 bridgehead atoms. The van der Waals surface area contributed by atoms with Gasteiger partial charge in [0.2, 0.25) is 0 Å². The molecule has 1 atom stereocenters. The molecule has 1 unspecified atom stereocenters. The summed E-state index contributed by atoms with van der Waals surface area (Å²) in [5.41, 5.74) is 0.990. The summed E-state index contributed by atoms with van der Waals surface area (Å²) in [6.07, 6.45) is 1.90. The third-order valence-corrected chi connectivity index (χ3v) is 6.01. The number of benzene rings is 1. The van der Waals surface area contributed by atoms with Crippen molar-refractivity contribution in [1.82, 2.24) is 8.61 Å². The highest BCUT2D eigenvalue weighted by Gasteiger charge is 2.31. The highest BCUT2D eigenvalue weighted by atomic mass is 35.5. The summed E-state index contributed by atoms with van der Waals surface area (Å²) >= 11 is 5.87. The van der Waals surface area contributed by atoms with Crippen LogP contribution in [0.4, 0.5) is 0 Å². The first kappa shape index (κ1) is 15.8. The maximum absolute atomic E-state index is 12.6. The Hall–Kier alpha value is -0.620. The zero-order chi connectivity index (χ0) is 14.6. The van der Waals surface area contributed by atoms with Gasteiger partial charge in [0.15, 0.2) is 0 Å². The Morgan fingerprint density at radius 1 is 1.35 bits per heavy atom. The standard InChI is InChI=1S/C14H21ClN2O2S/c1-16(11-13-6-3-2-4-7-13)20(18,19)17-9-5-8-14(10-15)12-17/h2-4,6-7,14H,5,8-12H2,1H3. The van der Waals surface area contributed by atoms with Crippen LogP contribution in [-0.2, 0) is 16.8 Å². The van der Waals surface area contributed by atoms with E-state index in [0.717, 1.165) is 18.4 Å². The zero-order valence-electron chi connectivity index (χ0n) is 11.7. The molecule has 112 valence electrons. The molecule has 1 aromatic carbocycles. The van der Waals surface area contributed by atoms with Crippen molar-refractivity contribution in [3.8, 4) is 0 Å². The van der Waals surface area contributed by atoms with Crippen LogP contribution in [0.25, 0.3) is 0 Å². The van der Waals surface area contributed by atoms with Gasteiger partial charge >= 0.3 is 0 Å². The maximum atomic E-state index is 12.6. The maximum Gasteiger partial charge on any atom is 0.282 e. The van der Waals surface area contributed by atoms with Crippen LogP contribution in [0.15, 0.2) is 30.3 Å². The molecule has 4 nitrogen and oxygen atoms in total. The quantitative estimate of drug-likeness (QED) is 0.782. The molecule has 1 aromatic rings. The molecule has 1 heterocycles. The van der Waals surface area contributed by atoms with Gasteiger partial charge in [-0.1, -0.05) is 30.3 Å². The molecule has 0 N–H and O–H groups in total. The predicted molar refractivity (Wildman–Crippen MR) is 81.8 cm³/mol. The van der Waals surface area contributed by atoms with Crippen LogP contribution in [0.1, 0.15) is 18.4 Å². The van der Waals surface area contributed by atoms with Crippen molar-refractivity contribution >= 4 is 21.8 Å². The van der Waals surface area contributed by atoms with Gasteiger partial charge in [-0.05, 0) is 24.3 Å². The lowest BCUT2D eigenvalue weighted by Gasteiger charge is -2.33. The summed E-state index contributed by atoms with van der Waals surface area (Å²) in [4.78, 5) is 0. The highest BCUT2D eigenvalue weighted by Crippen LogP contribution is 2.22. The Balaban J connectivity index is 2.05. The molecular weight excluding hydrogens is 296 g/mol. The molecular formula is C14H21ClN2O2S. The molecule has 20 heavy (non-hydrogen) atoms. The number of piperidine rings is 1. The van der Waals surface area contributed by atoms with Crippen LogP contribution in [0.3, 0.4) is 0 Å². The lowest BCUT2D eigenvalue weighted by atomic mass is 10.0. The van der Waals surface area contributed by atoms with Crippen LogP contribution in [0.2, 0.25) is 0 Å². The summed E-state index contributed by atoms with van der Waals surface area (Å²) in [5.74, 6) is 0.791. The minimum absolute atomic E-state index is 0.269. The first-order valence-electron chi connectivity index (χ1n) is 6.85. The van der Waals surface area contributed by atoms with Crippen LogP contribution in [0, 0.1) is 5.92 Å². The normalized spacial score (nSPS) is 21.2. The van der Waals surface area contributed by atoms with E-state index < -0.39 is 10.2 Å². The predicted octanol–water partition coefficient (Wildman–Crippen LogP) is 2.31. The average molecular weight is 317 g/mol. The van der Waals surface area contributed by atoms with Gasteiger partial charge in [-0.15, -0.1) is 11.6 Å². The summed E-state index contributed by atoms with van der Waals surface area (Å²) in [7, 11) is -1.76. The van der Waals surface area contributed by atoms with E-state index >= 15 is 0 Å². The minimum Gasteiger partial charge on any atom is -0.195 e. The Kier molecular flexibility index (Phi) is 5.43. The number of hydrogen-bond acceptors (Lipinski definition) is 2. The molecule has 2 rings (SSSR count). The fourth-order valence-electron chi connectivity index (χ4n) is 2.48. The van der Waals surface area contributed by atoms with E-state index in [2.05, 4.69) is 0 Å². The van der Waals surface area contributed by atoms with E-state index in [-0.39, 0.29) is 5.92 Å². The minimum atomic E-state index is -3.40. The Morgan fingerprint density at radius 3 is 2.70 bits per heavy atom. The smallest absolute Gasteiger partial charge is 0.195 e. The number of nitrogens with zero attached hydrogens (tertiary/aromatic N) is 2. The van der Waals surface area contributed by atoms with Gasteiger partial charge in [-0.25, -0.2) is 0 Å². The molecule has 1 fully saturated rings. The summed E-state index contributed by atoms with van der Waals surface area (Å²) < 4.78 is 28.1. The molecule has 0 amide bonds. The second-order valence-corrected chi connectivity index (χ2v) is 7.61. The Bertz CT molecular complexity index is 521. The van der Waals surface area contributed by atoms with Crippen molar-refractivity contribution in [1.29, 1.82) is 0 Å². The van der Waals surface area contributed by atoms with Crippen LogP contribution < -0.4 is 0 Å². The first-order chi connectivity index (χ1) is 9.54. The summed E-state index contributed by atoms with van der Waals surface area (Å²) in [6.45, 7) is 1.52. The SMILES string of the molecule is CN(Cc1ccccc1)S(=O)(=O)N1CCCC(CCl)C1. The van der Waals surface area contributed by atoms with E-state index in [1.54, 1.807) is 11.4 Å². The van der Waals surface area contributed by atoms with Gasteiger partial charge in [0, 0.05) is 32.6 Å². The molecule has 1 saturated heterocycles. The van der Waals surface area contributed by atoms with Crippen molar-refractivity contribution < 1.29 is 8.42 Å². The van der Waals surface area contributed by atoms with Crippen molar-refractivity contribution in [2.75, 3.05) is 26.0 Å². The summed E-state index contributed by atoms with van der Waals surface area (Å²) in [6, 6.07) is 9.63. The summed E-state index contributed by atoms with van der Waals surface area (Å²) in [5, 5.41) is 0.